The second-order valence-electron chi connectivity index (χ2n) is 7.78. The van der Waals surface area contributed by atoms with Gasteiger partial charge in [-0.25, -0.2) is 4.79 Å². The molecule has 0 aliphatic carbocycles. The number of rotatable bonds is 7. The molecular weight excluding hydrogens is 445 g/mol. The van der Waals surface area contributed by atoms with Crippen molar-refractivity contribution in [1.29, 1.82) is 0 Å². The molecule has 0 bridgehead atoms. The summed E-state index contributed by atoms with van der Waals surface area (Å²) in [5.74, 6) is -0.304. The number of amides is 3. The lowest BCUT2D eigenvalue weighted by atomic mass is 10.1. The average molecular weight is 470 g/mol. The first kappa shape index (κ1) is 24.6. The Balaban J connectivity index is 1.68. The van der Waals surface area contributed by atoms with Gasteiger partial charge in [-0.15, -0.1) is 0 Å². The minimum atomic E-state index is -4.51. The molecule has 34 heavy (non-hydrogen) atoms. The number of urea groups is 1. The van der Waals surface area contributed by atoms with Crippen molar-refractivity contribution in [2.75, 3.05) is 36.2 Å². The Hall–Kier alpha value is -4.01. The molecule has 9 heteroatoms. The molecule has 0 aromatic heterocycles. The summed E-state index contributed by atoms with van der Waals surface area (Å²) in [6, 6.07) is 18.2. The molecule has 0 saturated heterocycles. The van der Waals surface area contributed by atoms with E-state index in [1.165, 1.54) is 18.2 Å². The third-order valence-corrected chi connectivity index (χ3v) is 4.97. The van der Waals surface area contributed by atoms with Crippen molar-refractivity contribution < 1.29 is 22.8 Å². The van der Waals surface area contributed by atoms with Gasteiger partial charge in [-0.2, -0.15) is 13.2 Å². The maximum Gasteiger partial charge on any atom is 0.416 e. The topological polar surface area (TPSA) is 73.5 Å². The van der Waals surface area contributed by atoms with Crippen LogP contribution in [0.1, 0.15) is 21.5 Å². The maximum atomic E-state index is 12.9. The van der Waals surface area contributed by atoms with E-state index in [1.54, 1.807) is 31.1 Å². The van der Waals surface area contributed by atoms with Crippen LogP contribution in [0.15, 0.2) is 72.8 Å². The molecule has 3 amide bonds. The van der Waals surface area contributed by atoms with Gasteiger partial charge in [0, 0.05) is 37.7 Å². The van der Waals surface area contributed by atoms with Crippen molar-refractivity contribution in [2.24, 2.45) is 0 Å². The molecule has 0 fully saturated rings. The van der Waals surface area contributed by atoms with Crippen LogP contribution in [-0.2, 0) is 12.6 Å². The summed E-state index contributed by atoms with van der Waals surface area (Å²) in [4.78, 5) is 27.0. The van der Waals surface area contributed by atoms with Gasteiger partial charge in [-0.1, -0.05) is 36.4 Å². The molecule has 0 atom stereocenters. The summed E-state index contributed by atoms with van der Waals surface area (Å²) in [5.41, 5.74) is 1.56. The minimum Gasteiger partial charge on any atom is -0.377 e. The van der Waals surface area contributed by atoms with Gasteiger partial charge in [0.15, 0.2) is 0 Å². The smallest absolute Gasteiger partial charge is 0.377 e. The van der Waals surface area contributed by atoms with E-state index in [9.17, 15) is 22.8 Å². The largest absolute Gasteiger partial charge is 0.416 e. The van der Waals surface area contributed by atoms with Crippen molar-refractivity contribution >= 4 is 29.0 Å². The van der Waals surface area contributed by atoms with Gasteiger partial charge < -0.3 is 20.9 Å². The Morgan fingerprint density at radius 3 is 2.18 bits per heavy atom. The van der Waals surface area contributed by atoms with Crippen LogP contribution in [0.2, 0.25) is 0 Å². The summed E-state index contributed by atoms with van der Waals surface area (Å²) in [7, 11) is 3.59. The molecule has 178 valence electrons. The lowest BCUT2D eigenvalue weighted by Gasteiger charge is -2.19. The normalized spacial score (nSPS) is 11.0. The number of anilines is 3. The fourth-order valence-corrected chi connectivity index (χ4v) is 3.31. The Kier molecular flexibility index (Phi) is 7.78. The fourth-order valence-electron chi connectivity index (χ4n) is 3.31. The third-order valence-electron chi connectivity index (χ3n) is 4.97. The Morgan fingerprint density at radius 2 is 1.53 bits per heavy atom. The lowest BCUT2D eigenvalue weighted by molar-refractivity contribution is -0.137. The van der Waals surface area contributed by atoms with Gasteiger partial charge in [-0.3, -0.25) is 4.79 Å². The lowest BCUT2D eigenvalue weighted by Crippen LogP contribution is -2.28. The number of carbonyl (C=O) groups excluding carboxylic acids is 2. The van der Waals surface area contributed by atoms with Crippen LogP contribution >= 0.6 is 0 Å². The standard InChI is InChI=1S/C25H25F3N4O2/c1-32(2)22-12-11-20(16-21(22)23(33)29-14-13-17-7-4-3-5-8-17)31-24(34)30-19-10-6-9-18(15-19)25(26,27)28/h3-12,15-16H,13-14H2,1-2H3,(H,29,33)(H2,30,31,34). The highest BCUT2D eigenvalue weighted by atomic mass is 19.4. The van der Waals surface area contributed by atoms with Gasteiger partial charge in [0.1, 0.15) is 0 Å². The predicted octanol–water partition coefficient (Wildman–Crippen LogP) is 5.39. The zero-order valence-corrected chi connectivity index (χ0v) is 18.7. The van der Waals surface area contributed by atoms with Gasteiger partial charge in [0.25, 0.3) is 5.91 Å². The number of hydrogen-bond acceptors (Lipinski definition) is 3. The summed E-state index contributed by atoms with van der Waals surface area (Å²) < 4.78 is 38.7. The van der Waals surface area contributed by atoms with Gasteiger partial charge in [-0.05, 0) is 48.4 Å². The zero-order valence-electron chi connectivity index (χ0n) is 18.7. The molecule has 6 nitrogen and oxygen atoms in total. The zero-order chi connectivity index (χ0) is 24.7. The number of halogens is 3. The quantitative estimate of drug-likeness (QED) is 0.434. The van der Waals surface area contributed by atoms with Crippen LogP contribution in [-0.4, -0.2) is 32.6 Å². The maximum absolute atomic E-state index is 12.9. The molecular formula is C25H25F3N4O2. The third kappa shape index (κ3) is 6.74. The molecule has 3 rings (SSSR count). The Bertz CT molecular complexity index is 1150. The first-order chi connectivity index (χ1) is 16.1. The molecule has 0 unspecified atom stereocenters. The molecule has 3 aromatic carbocycles. The predicted molar refractivity (Wildman–Crippen MR) is 127 cm³/mol. The highest BCUT2D eigenvalue weighted by Crippen LogP contribution is 2.30. The van der Waals surface area contributed by atoms with Crippen molar-refractivity contribution in [2.45, 2.75) is 12.6 Å². The van der Waals surface area contributed by atoms with Crippen LogP contribution in [0.3, 0.4) is 0 Å². The van der Waals surface area contributed by atoms with Crippen molar-refractivity contribution in [1.82, 2.24) is 5.32 Å². The van der Waals surface area contributed by atoms with Crippen LogP contribution in [0.25, 0.3) is 0 Å². The van der Waals surface area contributed by atoms with E-state index in [-0.39, 0.29) is 11.6 Å². The van der Waals surface area contributed by atoms with E-state index >= 15 is 0 Å². The number of hydrogen-bond donors (Lipinski definition) is 3. The van der Waals surface area contributed by atoms with Crippen molar-refractivity contribution in [3.05, 3.63) is 89.5 Å². The second kappa shape index (κ2) is 10.7. The number of nitrogens with zero attached hydrogens (tertiary/aromatic N) is 1. The SMILES string of the molecule is CN(C)c1ccc(NC(=O)Nc2cccc(C(F)(F)F)c2)cc1C(=O)NCCc1ccccc1. The fraction of sp³-hybridized carbons (Fsp3) is 0.200. The monoisotopic (exact) mass is 470 g/mol. The average Bonchev–Trinajstić information content (AvgIpc) is 2.79. The van der Waals surface area contributed by atoms with Crippen LogP contribution in [0.5, 0.6) is 0 Å². The Labute approximate surface area is 195 Å². The Morgan fingerprint density at radius 1 is 0.853 bits per heavy atom. The van der Waals surface area contributed by atoms with E-state index in [1.807, 2.05) is 30.3 Å². The van der Waals surface area contributed by atoms with Gasteiger partial charge >= 0.3 is 12.2 Å². The molecule has 0 radical (unpaired) electrons. The first-order valence-electron chi connectivity index (χ1n) is 10.5. The summed E-state index contributed by atoms with van der Waals surface area (Å²) in [5, 5.41) is 7.83. The van der Waals surface area contributed by atoms with Gasteiger partial charge in [0.05, 0.1) is 11.1 Å². The van der Waals surface area contributed by atoms with E-state index in [2.05, 4.69) is 16.0 Å². The second-order valence-corrected chi connectivity index (χ2v) is 7.78. The van der Waals surface area contributed by atoms with E-state index < -0.39 is 17.8 Å². The van der Waals surface area contributed by atoms with Crippen LogP contribution in [0.4, 0.5) is 35.0 Å². The number of benzene rings is 3. The van der Waals surface area contributed by atoms with Crippen molar-refractivity contribution in [3.8, 4) is 0 Å². The van der Waals surface area contributed by atoms with E-state index in [0.29, 0.717) is 29.9 Å². The van der Waals surface area contributed by atoms with Crippen LogP contribution in [0, 0.1) is 0 Å². The summed E-state index contributed by atoms with van der Waals surface area (Å²) >= 11 is 0. The highest BCUT2D eigenvalue weighted by Gasteiger charge is 2.30. The molecule has 0 spiro atoms. The van der Waals surface area contributed by atoms with Crippen molar-refractivity contribution in [3.63, 3.8) is 0 Å². The molecule has 0 heterocycles. The summed E-state index contributed by atoms with van der Waals surface area (Å²) in [6.07, 6.45) is -3.85. The molecule has 0 saturated carbocycles. The van der Waals surface area contributed by atoms with Crippen LogP contribution < -0.4 is 20.9 Å². The van der Waals surface area contributed by atoms with E-state index in [0.717, 1.165) is 17.7 Å². The molecule has 0 aliphatic heterocycles. The molecule has 3 N–H and O–H groups in total. The number of nitrogens with one attached hydrogen (secondary N) is 3. The highest BCUT2D eigenvalue weighted by molar-refractivity contribution is 6.04. The summed E-state index contributed by atoms with van der Waals surface area (Å²) in [6.45, 7) is 0.434. The number of alkyl halides is 3. The number of carbonyl (C=O) groups is 2. The van der Waals surface area contributed by atoms with E-state index in [4.69, 9.17) is 0 Å². The minimum absolute atomic E-state index is 0.00360. The molecule has 3 aromatic rings. The van der Waals surface area contributed by atoms with Gasteiger partial charge in [0.2, 0.25) is 0 Å². The first-order valence-corrected chi connectivity index (χ1v) is 10.5. The molecule has 0 aliphatic rings.